The van der Waals surface area contributed by atoms with Gasteiger partial charge in [-0.25, -0.2) is 4.79 Å². The van der Waals surface area contributed by atoms with Crippen LogP contribution in [-0.2, 0) is 16.5 Å². The van der Waals surface area contributed by atoms with Gasteiger partial charge in [0.25, 0.3) is 0 Å². The van der Waals surface area contributed by atoms with Gasteiger partial charge in [-0.1, -0.05) is 41.9 Å². The first-order valence-electron chi connectivity index (χ1n) is 7.69. The molecule has 2 rings (SSSR count). The number of nitrogens with zero attached hydrogens (tertiary/aromatic N) is 3. The van der Waals surface area contributed by atoms with Crippen LogP contribution in [0.2, 0.25) is 0 Å². The number of benzene rings is 1. The molecule has 0 aliphatic carbocycles. The summed E-state index contributed by atoms with van der Waals surface area (Å²) in [5.41, 5.74) is 1.31. The van der Waals surface area contributed by atoms with Crippen LogP contribution in [-0.4, -0.2) is 46.5 Å². The zero-order valence-corrected chi connectivity index (χ0v) is 14.8. The first-order chi connectivity index (χ1) is 11.5. The van der Waals surface area contributed by atoms with Crippen LogP contribution in [0.4, 0.5) is 4.79 Å². The molecule has 0 aliphatic heterocycles. The molecule has 1 heterocycles. The fraction of sp³-hybridized carbons (Fsp3) is 0.412. The summed E-state index contributed by atoms with van der Waals surface area (Å²) in [5, 5.41) is 4.20. The van der Waals surface area contributed by atoms with E-state index in [0.29, 0.717) is 13.2 Å². The predicted molar refractivity (Wildman–Crippen MR) is 91.9 cm³/mol. The lowest BCUT2D eigenvalue weighted by Crippen LogP contribution is -2.32. The summed E-state index contributed by atoms with van der Waals surface area (Å²) in [6, 6.07) is 11.8. The van der Waals surface area contributed by atoms with E-state index in [1.165, 1.54) is 4.90 Å². The molecule has 0 radical (unpaired) electrons. The minimum Gasteiger partial charge on any atom is -0.430 e. The van der Waals surface area contributed by atoms with Crippen molar-refractivity contribution in [3.05, 3.63) is 53.9 Å². The molecular formula is C17H22ClN3O3. The van der Waals surface area contributed by atoms with Gasteiger partial charge in [0.1, 0.15) is 6.10 Å². The van der Waals surface area contributed by atoms with Crippen molar-refractivity contribution in [2.75, 3.05) is 20.2 Å². The van der Waals surface area contributed by atoms with Crippen LogP contribution in [0.15, 0.2) is 42.6 Å². The average molecular weight is 352 g/mol. The molecule has 24 heavy (non-hydrogen) atoms. The minimum absolute atomic E-state index is 0.255. The molecule has 0 saturated carbocycles. The molecule has 0 fully saturated rings. The van der Waals surface area contributed by atoms with Crippen molar-refractivity contribution in [3.63, 3.8) is 0 Å². The summed E-state index contributed by atoms with van der Waals surface area (Å²) in [6.07, 6.45) is 1.01. The molecular weight excluding hydrogens is 330 g/mol. The van der Waals surface area contributed by atoms with E-state index in [1.54, 1.807) is 24.9 Å². The van der Waals surface area contributed by atoms with Crippen LogP contribution < -0.4 is 0 Å². The normalized spacial score (nSPS) is 13.3. The Morgan fingerprint density at radius 2 is 2.04 bits per heavy atom. The summed E-state index contributed by atoms with van der Waals surface area (Å²) in [4.78, 5) is 13.2. The first-order valence-corrected chi connectivity index (χ1v) is 8.13. The summed E-state index contributed by atoms with van der Waals surface area (Å²) >= 11 is 5.66. The molecule has 1 unspecified atom stereocenters. The largest absolute Gasteiger partial charge is 0.430 e. The number of ether oxygens (including phenoxy) is 2. The monoisotopic (exact) mass is 351 g/mol. The molecule has 0 spiro atoms. The van der Waals surface area contributed by atoms with Crippen molar-refractivity contribution in [1.29, 1.82) is 0 Å². The van der Waals surface area contributed by atoms with E-state index >= 15 is 0 Å². The van der Waals surface area contributed by atoms with Gasteiger partial charge in [0.05, 0.1) is 12.3 Å². The summed E-state index contributed by atoms with van der Waals surface area (Å²) in [6.45, 7) is 2.34. The highest BCUT2D eigenvalue weighted by molar-refractivity contribution is 6.19. The average Bonchev–Trinajstić information content (AvgIpc) is 2.97. The lowest BCUT2D eigenvalue weighted by Gasteiger charge is -2.22. The Morgan fingerprint density at radius 1 is 1.33 bits per heavy atom. The molecule has 0 aliphatic rings. The van der Waals surface area contributed by atoms with Gasteiger partial charge < -0.3 is 14.4 Å². The van der Waals surface area contributed by atoms with E-state index in [4.69, 9.17) is 21.1 Å². The third kappa shape index (κ3) is 4.97. The maximum absolute atomic E-state index is 11.7. The second-order valence-corrected chi connectivity index (χ2v) is 6.00. The van der Waals surface area contributed by atoms with Gasteiger partial charge in [-0.15, -0.1) is 0 Å². The van der Waals surface area contributed by atoms with E-state index in [9.17, 15) is 4.79 Å². The Hall–Kier alpha value is -2.05. The number of aromatic nitrogens is 2. The third-order valence-electron chi connectivity index (χ3n) is 3.52. The maximum Gasteiger partial charge on any atom is 0.411 e. The zero-order valence-electron chi connectivity index (χ0n) is 14.1. The summed E-state index contributed by atoms with van der Waals surface area (Å²) in [7, 11) is 3.52. The highest BCUT2D eigenvalue weighted by atomic mass is 35.5. The smallest absolute Gasteiger partial charge is 0.411 e. The van der Waals surface area contributed by atoms with E-state index in [0.717, 1.165) is 11.3 Å². The lowest BCUT2D eigenvalue weighted by molar-refractivity contribution is 0.0510. The van der Waals surface area contributed by atoms with Gasteiger partial charge in [-0.2, -0.15) is 5.10 Å². The molecule has 0 saturated heterocycles. The molecule has 130 valence electrons. The second-order valence-electron chi connectivity index (χ2n) is 5.39. The van der Waals surface area contributed by atoms with Crippen molar-refractivity contribution in [2.45, 2.75) is 18.6 Å². The van der Waals surface area contributed by atoms with Gasteiger partial charge in [0.15, 0.2) is 5.56 Å². The number of aryl methyl sites for hydroxylation is 1. The topological polar surface area (TPSA) is 56.6 Å². The summed E-state index contributed by atoms with van der Waals surface area (Å²) in [5.74, 6) is 0. The van der Waals surface area contributed by atoms with Crippen LogP contribution in [0.25, 0.3) is 0 Å². The Balaban J connectivity index is 2.00. The standard InChI is InChI=1S/C17H22ClN3O3/c1-13(18)24-17(22)20(2)11-12-23-16(14-7-5-4-6-8-14)15-9-10-19-21(15)3/h4-10,13,16H,11-12H2,1-3H3/t13?,16-/m1/s1. The highest BCUT2D eigenvalue weighted by Gasteiger charge is 2.19. The van der Waals surface area contributed by atoms with Gasteiger partial charge in [-0.3, -0.25) is 4.68 Å². The zero-order chi connectivity index (χ0) is 17.5. The van der Waals surface area contributed by atoms with Crippen molar-refractivity contribution < 1.29 is 14.3 Å². The molecule has 0 bridgehead atoms. The molecule has 2 atom stereocenters. The lowest BCUT2D eigenvalue weighted by atomic mass is 10.1. The molecule has 2 aromatic rings. The number of hydrogen-bond acceptors (Lipinski definition) is 4. The van der Waals surface area contributed by atoms with E-state index in [2.05, 4.69) is 5.10 Å². The highest BCUT2D eigenvalue weighted by Crippen LogP contribution is 2.25. The number of halogens is 1. The van der Waals surface area contributed by atoms with E-state index in [-0.39, 0.29) is 6.10 Å². The van der Waals surface area contributed by atoms with Gasteiger partial charge in [0, 0.05) is 26.8 Å². The Morgan fingerprint density at radius 3 is 2.62 bits per heavy atom. The fourth-order valence-electron chi connectivity index (χ4n) is 2.25. The van der Waals surface area contributed by atoms with E-state index < -0.39 is 11.7 Å². The maximum atomic E-state index is 11.7. The second kappa shape index (κ2) is 8.70. The van der Waals surface area contributed by atoms with Crippen LogP contribution in [0.1, 0.15) is 24.3 Å². The molecule has 1 aromatic carbocycles. The van der Waals surface area contributed by atoms with Gasteiger partial charge in [-0.05, 0) is 18.6 Å². The number of likely N-dealkylation sites (N-methyl/N-ethyl adjacent to an activating group) is 1. The number of alkyl halides is 1. The third-order valence-corrected chi connectivity index (χ3v) is 3.60. The predicted octanol–water partition coefficient (Wildman–Crippen LogP) is 3.18. The number of amides is 1. The Bertz CT molecular complexity index is 646. The first kappa shape index (κ1) is 18.3. The Kier molecular flexibility index (Phi) is 6.63. The van der Waals surface area contributed by atoms with Crippen molar-refractivity contribution in [3.8, 4) is 0 Å². The van der Waals surface area contributed by atoms with Gasteiger partial charge in [0.2, 0.25) is 0 Å². The molecule has 1 aromatic heterocycles. The van der Waals surface area contributed by atoms with Crippen LogP contribution in [0.3, 0.4) is 0 Å². The molecule has 6 nitrogen and oxygen atoms in total. The quantitative estimate of drug-likeness (QED) is 0.719. The number of carbonyl (C=O) groups excluding carboxylic acids is 1. The van der Waals surface area contributed by atoms with Crippen LogP contribution in [0, 0.1) is 0 Å². The van der Waals surface area contributed by atoms with E-state index in [1.807, 2.05) is 43.4 Å². The fourth-order valence-corrected chi connectivity index (χ4v) is 2.33. The van der Waals surface area contributed by atoms with Crippen LogP contribution in [0.5, 0.6) is 0 Å². The van der Waals surface area contributed by atoms with Crippen LogP contribution >= 0.6 is 11.6 Å². The molecule has 1 amide bonds. The number of carbonyl (C=O) groups is 1. The molecule has 0 N–H and O–H groups in total. The van der Waals surface area contributed by atoms with Crippen molar-refractivity contribution >= 4 is 17.7 Å². The number of hydrogen-bond donors (Lipinski definition) is 0. The Labute approximate surface area is 146 Å². The van der Waals surface area contributed by atoms with Gasteiger partial charge >= 0.3 is 6.09 Å². The van der Waals surface area contributed by atoms with Crippen molar-refractivity contribution in [2.24, 2.45) is 7.05 Å². The minimum atomic E-state index is -0.660. The SMILES string of the molecule is CC(Cl)OC(=O)N(C)CCO[C@H](c1ccccc1)c1ccnn1C. The number of rotatable bonds is 7. The molecule has 7 heteroatoms. The van der Waals surface area contributed by atoms with Crippen molar-refractivity contribution in [1.82, 2.24) is 14.7 Å². The summed E-state index contributed by atoms with van der Waals surface area (Å²) < 4.78 is 12.7.